The maximum absolute atomic E-state index is 13.1. The smallest absolute Gasteiger partial charge is 0.279 e. The molecule has 0 radical (unpaired) electrons. The zero-order valence-corrected chi connectivity index (χ0v) is 18.3. The SMILES string of the molecule is CC(=O)Nc1cnc(Nc2ccc(Oc3cccnn3)cc2)n(Cc2ccc(Cl)cc2)c1=O. The molecule has 2 aromatic carbocycles. The minimum Gasteiger partial charge on any atom is -0.438 e. The molecule has 4 rings (SSSR count). The highest BCUT2D eigenvalue weighted by atomic mass is 35.5. The highest BCUT2D eigenvalue weighted by Gasteiger charge is 2.13. The molecule has 0 aliphatic heterocycles. The molecule has 0 bridgehead atoms. The summed E-state index contributed by atoms with van der Waals surface area (Å²) in [5.41, 5.74) is 1.24. The highest BCUT2D eigenvalue weighted by Crippen LogP contribution is 2.23. The normalized spacial score (nSPS) is 10.5. The van der Waals surface area contributed by atoms with E-state index in [0.717, 1.165) is 5.56 Å². The number of rotatable bonds is 7. The number of hydrogen-bond acceptors (Lipinski definition) is 7. The van der Waals surface area contributed by atoms with Crippen molar-refractivity contribution in [3.05, 3.63) is 94.0 Å². The molecule has 1 amide bonds. The largest absolute Gasteiger partial charge is 0.438 e. The van der Waals surface area contributed by atoms with Crippen LogP contribution in [0, 0.1) is 0 Å². The minimum absolute atomic E-state index is 0.0923. The Labute approximate surface area is 194 Å². The number of ether oxygens (including phenoxy) is 1. The first-order valence-corrected chi connectivity index (χ1v) is 10.3. The van der Waals surface area contributed by atoms with Crippen LogP contribution in [0.1, 0.15) is 12.5 Å². The number of nitrogens with zero attached hydrogens (tertiary/aromatic N) is 4. The van der Waals surface area contributed by atoms with Crippen LogP contribution in [0.4, 0.5) is 17.3 Å². The molecule has 2 N–H and O–H groups in total. The van der Waals surface area contributed by atoms with Crippen LogP contribution in [0.5, 0.6) is 11.6 Å². The van der Waals surface area contributed by atoms with Crippen molar-refractivity contribution < 1.29 is 9.53 Å². The van der Waals surface area contributed by atoms with Gasteiger partial charge >= 0.3 is 0 Å². The monoisotopic (exact) mass is 462 g/mol. The van der Waals surface area contributed by atoms with E-state index < -0.39 is 0 Å². The van der Waals surface area contributed by atoms with Gasteiger partial charge in [0.25, 0.3) is 5.56 Å². The van der Waals surface area contributed by atoms with E-state index in [0.29, 0.717) is 28.3 Å². The van der Waals surface area contributed by atoms with E-state index in [4.69, 9.17) is 16.3 Å². The Kier molecular flexibility index (Phi) is 6.61. The van der Waals surface area contributed by atoms with Gasteiger partial charge in [-0.05, 0) is 48.0 Å². The maximum atomic E-state index is 13.1. The summed E-state index contributed by atoms with van der Waals surface area (Å²) in [6, 6.07) is 17.6. The second kappa shape index (κ2) is 9.92. The van der Waals surface area contributed by atoms with Crippen molar-refractivity contribution in [1.82, 2.24) is 19.7 Å². The van der Waals surface area contributed by atoms with Crippen molar-refractivity contribution in [3.63, 3.8) is 0 Å². The van der Waals surface area contributed by atoms with Crippen molar-refractivity contribution in [3.8, 4) is 11.6 Å². The lowest BCUT2D eigenvalue weighted by Crippen LogP contribution is -2.28. The van der Waals surface area contributed by atoms with Crippen LogP contribution in [0.2, 0.25) is 5.02 Å². The first-order valence-electron chi connectivity index (χ1n) is 9.92. The van der Waals surface area contributed by atoms with Crippen LogP contribution >= 0.6 is 11.6 Å². The third-order valence-corrected chi connectivity index (χ3v) is 4.74. The zero-order valence-electron chi connectivity index (χ0n) is 17.5. The van der Waals surface area contributed by atoms with Gasteiger partial charge in [0.1, 0.15) is 11.4 Å². The lowest BCUT2D eigenvalue weighted by Gasteiger charge is -2.15. The Morgan fingerprint density at radius 1 is 1.09 bits per heavy atom. The molecule has 0 saturated carbocycles. The average molecular weight is 463 g/mol. The summed E-state index contributed by atoms with van der Waals surface area (Å²) in [6.45, 7) is 1.56. The predicted octanol–water partition coefficient (Wildman–Crippen LogP) is 4.23. The lowest BCUT2D eigenvalue weighted by atomic mass is 10.2. The Hall–Kier alpha value is -4.24. The Morgan fingerprint density at radius 3 is 2.52 bits per heavy atom. The summed E-state index contributed by atoms with van der Waals surface area (Å²) < 4.78 is 7.09. The maximum Gasteiger partial charge on any atom is 0.279 e. The fourth-order valence-corrected chi connectivity index (χ4v) is 3.11. The number of amides is 1. The van der Waals surface area contributed by atoms with E-state index >= 15 is 0 Å². The molecular weight excluding hydrogens is 444 g/mol. The third kappa shape index (κ3) is 5.72. The number of nitrogens with one attached hydrogen (secondary N) is 2. The molecule has 0 saturated heterocycles. The van der Waals surface area contributed by atoms with E-state index in [1.807, 2.05) is 12.1 Å². The molecule has 33 heavy (non-hydrogen) atoms. The number of halogens is 1. The molecule has 10 heteroatoms. The van der Waals surface area contributed by atoms with Gasteiger partial charge in [-0.25, -0.2) is 4.98 Å². The van der Waals surface area contributed by atoms with Gasteiger partial charge in [0.15, 0.2) is 0 Å². The summed E-state index contributed by atoms with van der Waals surface area (Å²) in [6.07, 6.45) is 2.89. The van der Waals surface area contributed by atoms with Crippen LogP contribution in [-0.2, 0) is 11.3 Å². The number of anilines is 3. The minimum atomic E-state index is -0.389. The summed E-state index contributed by atoms with van der Waals surface area (Å²) in [4.78, 5) is 28.9. The summed E-state index contributed by atoms with van der Waals surface area (Å²) in [5.74, 6) is 0.914. The molecule has 2 heterocycles. The second-order valence-electron chi connectivity index (χ2n) is 7.01. The number of benzene rings is 2. The molecule has 0 atom stereocenters. The van der Waals surface area contributed by atoms with Gasteiger partial charge in [-0.2, -0.15) is 5.10 Å². The Balaban J connectivity index is 1.60. The average Bonchev–Trinajstić information content (AvgIpc) is 2.81. The van der Waals surface area contributed by atoms with Crippen LogP contribution in [0.15, 0.2) is 77.9 Å². The summed E-state index contributed by atoms with van der Waals surface area (Å²) in [7, 11) is 0. The first kappa shape index (κ1) is 22.0. The topological polar surface area (TPSA) is 111 Å². The lowest BCUT2D eigenvalue weighted by molar-refractivity contribution is -0.114. The summed E-state index contributed by atoms with van der Waals surface area (Å²) >= 11 is 5.97. The van der Waals surface area contributed by atoms with Crippen LogP contribution in [-0.4, -0.2) is 25.7 Å². The van der Waals surface area contributed by atoms with Crippen molar-refractivity contribution in [2.75, 3.05) is 10.6 Å². The van der Waals surface area contributed by atoms with E-state index in [1.54, 1.807) is 54.7 Å². The molecule has 0 aliphatic carbocycles. The summed E-state index contributed by atoms with van der Waals surface area (Å²) in [5, 5.41) is 13.9. The fraction of sp³-hybridized carbons (Fsp3) is 0.0870. The van der Waals surface area contributed by atoms with Gasteiger partial charge in [-0.3, -0.25) is 14.2 Å². The zero-order chi connectivity index (χ0) is 23.2. The van der Waals surface area contributed by atoms with E-state index in [2.05, 4.69) is 25.8 Å². The number of aromatic nitrogens is 4. The Bertz CT molecular complexity index is 1310. The number of hydrogen-bond donors (Lipinski definition) is 2. The standard InChI is InChI=1S/C23H19ClN6O3/c1-15(31)27-20-13-25-23(30(22(20)32)14-16-4-6-17(24)7-5-16)28-18-8-10-19(11-9-18)33-21-3-2-12-26-29-21/h2-13H,14H2,1H3,(H,25,28)(H,27,31). The van der Waals surface area contributed by atoms with Crippen LogP contribution in [0.3, 0.4) is 0 Å². The molecule has 166 valence electrons. The molecule has 0 fully saturated rings. The molecular formula is C23H19ClN6O3. The molecule has 0 aliphatic rings. The highest BCUT2D eigenvalue weighted by molar-refractivity contribution is 6.30. The number of carbonyl (C=O) groups is 1. The van der Waals surface area contributed by atoms with E-state index in [1.165, 1.54) is 17.7 Å². The predicted molar refractivity (Wildman–Crippen MR) is 125 cm³/mol. The van der Waals surface area contributed by atoms with Crippen molar-refractivity contribution in [2.24, 2.45) is 0 Å². The molecule has 9 nitrogen and oxygen atoms in total. The van der Waals surface area contributed by atoms with Gasteiger partial charge in [-0.1, -0.05) is 23.7 Å². The van der Waals surface area contributed by atoms with Gasteiger partial charge in [0, 0.05) is 29.9 Å². The van der Waals surface area contributed by atoms with Crippen molar-refractivity contribution in [2.45, 2.75) is 13.5 Å². The van der Waals surface area contributed by atoms with Crippen molar-refractivity contribution >= 4 is 34.8 Å². The first-order chi connectivity index (χ1) is 16.0. The van der Waals surface area contributed by atoms with E-state index in [-0.39, 0.29) is 23.7 Å². The molecule has 0 spiro atoms. The van der Waals surface area contributed by atoms with Gasteiger partial charge in [0.05, 0.1) is 12.7 Å². The van der Waals surface area contributed by atoms with Gasteiger partial charge in [-0.15, -0.1) is 5.10 Å². The quantitative estimate of drug-likeness (QED) is 0.422. The molecule has 0 unspecified atom stereocenters. The second-order valence-corrected chi connectivity index (χ2v) is 7.44. The number of carbonyl (C=O) groups excluding carboxylic acids is 1. The Morgan fingerprint density at radius 2 is 1.85 bits per heavy atom. The van der Waals surface area contributed by atoms with Crippen LogP contribution in [0.25, 0.3) is 0 Å². The molecule has 2 aromatic heterocycles. The van der Waals surface area contributed by atoms with Crippen molar-refractivity contribution in [1.29, 1.82) is 0 Å². The third-order valence-electron chi connectivity index (χ3n) is 4.49. The van der Waals surface area contributed by atoms with Gasteiger partial charge in [0.2, 0.25) is 17.7 Å². The molecule has 4 aromatic rings. The van der Waals surface area contributed by atoms with Gasteiger partial charge < -0.3 is 15.4 Å². The van der Waals surface area contributed by atoms with Crippen LogP contribution < -0.4 is 20.9 Å². The van der Waals surface area contributed by atoms with E-state index in [9.17, 15) is 9.59 Å². The fourth-order valence-electron chi connectivity index (χ4n) is 2.98.